The van der Waals surface area contributed by atoms with Crippen LogP contribution in [0.1, 0.15) is 78.6 Å². The third-order valence-corrected chi connectivity index (χ3v) is 4.13. The Labute approximate surface area is 125 Å². The third-order valence-electron chi connectivity index (χ3n) is 4.13. The molecule has 0 aliphatic carbocycles. The molecule has 3 nitrogen and oxygen atoms in total. The van der Waals surface area contributed by atoms with Gasteiger partial charge in [-0.25, -0.2) is 0 Å². The van der Waals surface area contributed by atoms with Crippen LogP contribution < -0.4 is 5.73 Å². The van der Waals surface area contributed by atoms with Crippen LogP contribution >= 0.6 is 0 Å². The molecule has 0 rings (SSSR count). The van der Waals surface area contributed by atoms with Gasteiger partial charge in [-0.05, 0) is 24.7 Å². The second kappa shape index (κ2) is 12.2. The van der Waals surface area contributed by atoms with Gasteiger partial charge in [-0.3, -0.25) is 4.79 Å². The number of primary amides is 1. The molecule has 0 aromatic carbocycles. The van der Waals surface area contributed by atoms with Crippen LogP contribution in [0.4, 0.5) is 0 Å². The molecule has 0 aromatic rings. The van der Waals surface area contributed by atoms with Crippen LogP contribution in [0.2, 0.25) is 0 Å². The highest BCUT2D eigenvalue weighted by Gasteiger charge is 2.24. The van der Waals surface area contributed by atoms with Gasteiger partial charge in [0, 0.05) is 12.5 Å². The fourth-order valence-corrected chi connectivity index (χ4v) is 2.85. The lowest BCUT2D eigenvalue weighted by atomic mass is 9.84. The van der Waals surface area contributed by atoms with Crippen LogP contribution in [0.3, 0.4) is 0 Å². The molecule has 0 aliphatic heterocycles. The van der Waals surface area contributed by atoms with Crippen molar-refractivity contribution in [2.24, 2.45) is 23.5 Å². The van der Waals surface area contributed by atoms with Gasteiger partial charge in [0.15, 0.2) is 0 Å². The summed E-state index contributed by atoms with van der Waals surface area (Å²) in [7, 11) is 0. The Morgan fingerprint density at radius 2 is 1.55 bits per heavy atom. The molecule has 3 N–H and O–H groups in total. The van der Waals surface area contributed by atoms with Crippen LogP contribution in [0.5, 0.6) is 0 Å². The summed E-state index contributed by atoms with van der Waals surface area (Å²) in [5.74, 6) is 0.472. The maximum absolute atomic E-state index is 11.5. The normalized spacial score (nSPS) is 14.4. The van der Waals surface area contributed by atoms with Gasteiger partial charge in [-0.1, -0.05) is 65.7 Å². The predicted molar refractivity (Wildman–Crippen MR) is 85.3 cm³/mol. The molecule has 2 unspecified atom stereocenters. The van der Waals surface area contributed by atoms with Gasteiger partial charge in [-0.2, -0.15) is 0 Å². The summed E-state index contributed by atoms with van der Waals surface area (Å²) < 4.78 is 0. The highest BCUT2D eigenvalue weighted by atomic mass is 16.3. The minimum atomic E-state index is -0.239. The van der Waals surface area contributed by atoms with E-state index >= 15 is 0 Å². The first kappa shape index (κ1) is 19.4. The van der Waals surface area contributed by atoms with Gasteiger partial charge in [0.1, 0.15) is 0 Å². The molecule has 120 valence electrons. The highest BCUT2D eigenvalue weighted by Crippen LogP contribution is 2.23. The monoisotopic (exact) mass is 285 g/mol. The largest absolute Gasteiger partial charge is 0.396 e. The first-order valence-corrected chi connectivity index (χ1v) is 8.43. The molecule has 0 heterocycles. The molecule has 3 heteroatoms. The highest BCUT2D eigenvalue weighted by molar-refractivity contribution is 5.76. The van der Waals surface area contributed by atoms with Crippen molar-refractivity contribution in [1.82, 2.24) is 0 Å². The van der Waals surface area contributed by atoms with Crippen LogP contribution in [-0.2, 0) is 4.79 Å². The first-order chi connectivity index (χ1) is 9.52. The van der Waals surface area contributed by atoms with Gasteiger partial charge >= 0.3 is 0 Å². The van der Waals surface area contributed by atoms with Gasteiger partial charge in [0.2, 0.25) is 5.91 Å². The number of rotatable bonds is 13. The van der Waals surface area contributed by atoms with Gasteiger partial charge < -0.3 is 10.8 Å². The molecular formula is C17H35NO2. The molecule has 0 spiro atoms. The van der Waals surface area contributed by atoms with Crippen LogP contribution in [0.25, 0.3) is 0 Å². The molecule has 20 heavy (non-hydrogen) atoms. The summed E-state index contributed by atoms with van der Waals surface area (Å²) >= 11 is 0. The van der Waals surface area contributed by atoms with Crippen molar-refractivity contribution in [2.45, 2.75) is 78.6 Å². The van der Waals surface area contributed by atoms with E-state index in [1.807, 2.05) is 0 Å². The zero-order valence-corrected chi connectivity index (χ0v) is 13.7. The second-order valence-electron chi connectivity index (χ2n) is 6.48. The summed E-state index contributed by atoms with van der Waals surface area (Å²) in [6.07, 6.45) is 10.1. The number of unbranched alkanes of at least 4 members (excludes halogenated alkanes) is 4. The Bertz CT molecular complexity index is 241. The SMILES string of the molecule is CCCC(CO)C(CCCCCCCC(C)C)C(N)=O. The molecule has 2 atom stereocenters. The average Bonchev–Trinajstić information content (AvgIpc) is 2.39. The predicted octanol–water partition coefficient (Wildman–Crippen LogP) is 3.88. The number of nitrogens with two attached hydrogens (primary N) is 1. The van der Waals surface area contributed by atoms with Crippen molar-refractivity contribution >= 4 is 5.91 Å². The van der Waals surface area contributed by atoms with E-state index in [0.29, 0.717) is 0 Å². The van der Waals surface area contributed by atoms with Crippen LogP contribution in [-0.4, -0.2) is 17.6 Å². The summed E-state index contributed by atoms with van der Waals surface area (Å²) in [6, 6.07) is 0. The Kier molecular flexibility index (Phi) is 11.8. The molecule has 0 radical (unpaired) electrons. The van der Waals surface area contributed by atoms with E-state index in [1.54, 1.807) is 0 Å². The molecule has 1 amide bonds. The maximum Gasteiger partial charge on any atom is 0.220 e. The van der Waals surface area contributed by atoms with Crippen molar-refractivity contribution in [1.29, 1.82) is 0 Å². The van der Waals surface area contributed by atoms with E-state index in [-0.39, 0.29) is 24.3 Å². The Hall–Kier alpha value is -0.570. The number of aliphatic hydroxyl groups is 1. The summed E-state index contributed by atoms with van der Waals surface area (Å²) in [5.41, 5.74) is 5.49. The zero-order valence-electron chi connectivity index (χ0n) is 13.7. The van der Waals surface area contributed by atoms with Crippen LogP contribution in [0, 0.1) is 17.8 Å². The van der Waals surface area contributed by atoms with Crippen molar-refractivity contribution in [3.05, 3.63) is 0 Å². The number of amides is 1. The van der Waals surface area contributed by atoms with E-state index in [4.69, 9.17) is 5.73 Å². The molecule has 0 bridgehead atoms. The van der Waals surface area contributed by atoms with Gasteiger partial charge in [0.25, 0.3) is 0 Å². The maximum atomic E-state index is 11.5. The van der Waals surface area contributed by atoms with E-state index < -0.39 is 0 Å². The number of hydrogen-bond acceptors (Lipinski definition) is 2. The number of aliphatic hydroxyl groups excluding tert-OH is 1. The summed E-state index contributed by atoms with van der Waals surface area (Å²) in [4.78, 5) is 11.5. The molecule has 0 aliphatic rings. The standard InChI is InChI=1S/C17H35NO2/c1-4-10-15(13-19)16(17(18)20)12-9-7-5-6-8-11-14(2)3/h14-16,19H,4-13H2,1-3H3,(H2,18,20). The van der Waals surface area contributed by atoms with Crippen molar-refractivity contribution in [3.8, 4) is 0 Å². The number of hydrogen-bond donors (Lipinski definition) is 2. The Balaban J connectivity index is 3.84. The fraction of sp³-hybridized carbons (Fsp3) is 0.941. The lowest BCUT2D eigenvalue weighted by Gasteiger charge is -2.22. The quantitative estimate of drug-likeness (QED) is 0.504. The molecule has 0 saturated heterocycles. The van der Waals surface area contributed by atoms with Crippen molar-refractivity contribution < 1.29 is 9.90 Å². The van der Waals surface area contributed by atoms with E-state index in [1.165, 1.54) is 32.1 Å². The van der Waals surface area contributed by atoms with Crippen LogP contribution in [0.15, 0.2) is 0 Å². The molecule has 0 fully saturated rings. The Morgan fingerprint density at radius 1 is 1.00 bits per heavy atom. The first-order valence-electron chi connectivity index (χ1n) is 8.43. The number of carbonyl (C=O) groups is 1. The minimum absolute atomic E-state index is 0.0541. The topological polar surface area (TPSA) is 63.3 Å². The average molecular weight is 285 g/mol. The second-order valence-corrected chi connectivity index (χ2v) is 6.48. The zero-order chi connectivity index (χ0) is 15.4. The summed E-state index contributed by atoms with van der Waals surface area (Å²) in [6.45, 7) is 6.69. The number of carbonyl (C=O) groups excluding carboxylic acids is 1. The lowest BCUT2D eigenvalue weighted by Crippen LogP contribution is -2.32. The Morgan fingerprint density at radius 3 is 2.00 bits per heavy atom. The molecule has 0 saturated carbocycles. The fourth-order valence-electron chi connectivity index (χ4n) is 2.85. The van der Waals surface area contributed by atoms with E-state index in [0.717, 1.165) is 31.6 Å². The van der Waals surface area contributed by atoms with E-state index in [9.17, 15) is 9.90 Å². The van der Waals surface area contributed by atoms with Gasteiger partial charge in [0.05, 0.1) is 0 Å². The van der Waals surface area contributed by atoms with E-state index in [2.05, 4.69) is 20.8 Å². The lowest BCUT2D eigenvalue weighted by molar-refractivity contribution is -0.124. The molecular weight excluding hydrogens is 250 g/mol. The smallest absolute Gasteiger partial charge is 0.220 e. The van der Waals surface area contributed by atoms with Crippen molar-refractivity contribution in [3.63, 3.8) is 0 Å². The molecule has 0 aromatic heterocycles. The third kappa shape index (κ3) is 9.35. The van der Waals surface area contributed by atoms with Crippen molar-refractivity contribution in [2.75, 3.05) is 6.61 Å². The minimum Gasteiger partial charge on any atom is -0.396 e. The summed E-state index contributed by atoms with van der Waals surface area (Å²) in [5, 5.41) is 9.39. The van der Waals surface area contributed by atoms with Gasteiger partial charge in [-0.15, -0.1) is 0 Å².